The normalized spacial score (nSPS) is 17.2. The van der Waals surface area contributed by atoms with Crippen molar-refractivity contribution in [1.29, 1.82) is 0 Å². The summed E-state index contributed by atoms with van der Waals surface area (Å²) in [6.45, 7) is 1.79. The third kappa shape index (κ3) is 3.62. The van der Waals surface area contributed by atoms with Crippen molar-refractivity contribution < 1.29 is 17.6 Å². The lowest BCUT2D eigenvalue weighted by molar-refractivity contribution is 0.0932. The van der Waals surface area contributed by atoms with Crippen molar-refractivity contribution in [3.05, 3.63) is 53.0 Å². The van der Waals surface area contributed by atoms with E-state index < -0.39 is 10.0 Å². The summed E-state index contributed by atoms with van der Waals surface area (Å²) in [5, 5.41) is 3.01. The highest BCUT2D eigenvalue weighted by Crippen LogP contribution is 2.30. The molecule has 0 aliphatic heterocycles. The van der Waals surface area contributed by atoms with Crippen LogP contribution < -0.4 is 10.0 Å². The Balaban J connectivity index is 1.80. The van der Waals surface area contributed by atoms with Crippen LogP contribution in [0.1, 0.15) is 46.1 Å². The lowest BCUT2D eigenvalue weighted by atomic mass is 9.93. The van der Waals surface area contributed by atoms with Gasteiger partial charge in [-0.05, 0) is 43.5 Å². The topological polar surface area (TPSA) is 88.4 Å². The summed E-state index contributed by atoms with van der Waals surface area (Å²) >= 11 is 0. The van der Waals surface area contributed by atoms with Gasteiger partial charge in [-0.2, -0.15) is 0 Å². The first kappa shape index (κ1) is 16.6. The van der Waals surface area contributed by atoms with Gasteiger partial charge in [-0.15, -0.1) is 0 Å². The molecule has 1 atom stereocenters. The van der Waals surface area contributed by atoms with Crippen molar-refractivity contribution in [1.82, 2.24) is 5.32 Å². The van der Waals surface area contributed by atoms with Crippen molar-refractivity contribution in [2.45, 2.75) is 32.2 Å². The molecule has 1 aromatic heterocycles. The second-order valence-corrected chi connectivity index (χ2v) is 7.87. The van der Waals surface area contributed by atoms with Crippen LogP contribution in [0.15, 0.2) is 34.9 Å². The quantitative estimate of drug-likeness (QED) is 0.889. The molecule has 1 aromatic carbocycles. The van der Waals surface area contributed by atoms with Gasteiger partial charge in [-0.3, -0.25) is 9.52 Å². The number of carbonyl (C=O) groups is 1. The standard InChI is InChI=1S/C17H20N2O4S/c1-11-6-7-12(10-15(11)19-24(2,21)22)17(20)18-14-4-3-5-16-13(14)8-9-23-16/h6-10,14,19H,3-5H2,1-2H3,(H,18,20)/t14-/m0/s1. The Morgan fingerprint density at radius 3 is 2.83 bits per heavy atom. The van der Waals surface area contributed by atoms with E-state index in [4.69, 9.17) is 4.42 Å². The van der Waals surface area contributed by atoms with Gasteiger partial charge in [-0.1, -0.05) is 6.07 Å². The summed E-state index contributed by atoms with van der Waals surface area (Å²) in [6, 6.07) is 6.80. The van der Waals surface area contributed by atoms with E-state index in [1.165, 1.54) is 0 Å². The van der Waals surface area contributed by atoms with Crippen molar-refractivity contribution in [2.24, 2.45) is 0 Å². The van der Waals surface area contributed by atoms with Crippen LogP contribution in [-0.4, -0.2) is 20.6 Å². The fraction of sp³-hybridized carbons (Fsp3) is 0.353. The Morgan fingerprint density at radius 2 is 2.08 bits per heavy atom. The van der Waals surface area contributed by atoms with Gasteiger partial charge in [0.25, 0.3) is 5.91 Å². The molecule has 0 bridgehead atoms. The molecular formula is C17H20N2O4S. The maximum atomic E-state index is 12.6. The number of amides is 1. The number of aryl methyl sites for hydroxylation is 2. The molecular weight excluding hydrogens is 328 g/mol. The zero-order valence-electron chi connectivity index (χ0n) is 13.6. The van der Waals surface area contributed by atoms with E-state index in [1.54, 1.807) is 31.4 Å². The summed E-state index contributed by atoms with van der Waals surface area (Å²) in [5.74, 6) is 0.695. The van der Waals surface area contributed by atoms with E-state index >= 15 is 0 Å². The molecule has 1 heterocycles. The molecule has 128 valence electrons. The van der Waals surface area contributed by atoms with Gasteiger partial charge >= 0.3 is 0 Å². The molecule has 0 unspecified atom stereocenters. The summed E-state index contributed by atoms with van der Waals surface area (Å²) in [5.41, 5.74) is 2.61. The number of fused-ring (bicyclic) bond motifs is 1. The van der Waals surface area contributed by atoms with Crippen LogP contribution in [-0.2, 0) is 16.4 Å². The Hall–Kier alpha value is -2.28. The molecule has 0 spiro atoms. The van der Waals surface area contributed by atoms with E-state index in [0.717, 1.165) is 42.4 Å². The van der Waals surface area contributed by atoms with Crippen molar-refractivity contribution in [3.63, 3.8) is 0 Å². The maximum Gasteiger partial charge on any atom is 0.251 e. The maximum absolute atomic E-state index is 12.6. The molecule has 1 amide bonds. The second-order valence-electron chi connectivity index (χ2n) is 6.12. The number of carbonyl (C=O) groups excluding carboxylic acids is 1. The van der Waals surface area contributed by atoms with Crippen molar-refractivity contribution in [3.8, 4) is 0 Å². The highest BCUT2D eigenvalue weighted by atomic mass is 32.2. The Bertz CT molecular complexity index is 870. The first-order chi connectivity index (χ1) is 11.3. The number of hydrogen-bond donors (Lipinski definition) is 2. The molecule has 1 aliphatic rings. The van der Waals surface area contributed by atoms with Crippen molar-refractivity contribution in [2.75, 3.05) is 11.0 Å². The Morgan fingerprint density at radius 1 is 1.29 bits per heavy atom. The predicted octanol–water partition coefficient (Wildman–Crippen LogP) is 2.77. The number of nitrogens with one attached hydrogen (secondary N) is 2. The number of hydrogen-bond acceptors (Lipinski definition) is 4. The summed E-state index contributed by atoms with van der Waals surface area (Å²) in [7, 11) is -3.40. The van der Waals surface area contributed by atoms with Crippen LogP contribution in [0.4, 0.5) is 5.69 Å². The smallest absolute Gasteiger partial charge is 0.251 e. The molecule has 0 radical (unpaired) electrons. The zero-order chi connectivity index (χ0) is 17.3. The third-order valence-electron chi connectivity index (χ3n) is 4.15. The van der Waals surface area contributed by atoms with E-state index in [-0.39, 0.29) is 11.9 Å². The third-order valence-corrected chi connectivity index (χ3v) is 4.74. The number of benzene rings is 1. The van der Waals surface area contributed by atoms with E-state index in [0.29, 0.717) is 11.3 Å². The average molecular weight is 348 g/mol. The van der Waals surface area contributed by atoms with Gasteiger partial charge in [0.15, 0.2) is 0 Å². The summed E-state index contributed by atoms with van der Waals surface area (Å²) < 4.78 is 30.7. The molecule has 7 heteroatoms. The SMILES string of the molecule is Cc1ccc(C(=O)N[C@H]2CCCc3occc32)cc1NS(C)(=O)=O. The molecule has 0 saturated carbocycles. The monoisotopic (exact) mass is 348 g/mol. The van der Waals surface area contributed by atoms with Gasteiger partial charge in [0.05, 0.1) is 24.2 Å². The van der Waals surface area contributed by atoms with Crippen LogP contribution in [0.25, 0.3) is 0 Å². The van der Waals surface area contributed by atoms with E-state index in [9.17, 15) is 13.2 Å². The fourth-order valence-corrected chi connectivity index (χ4v) is 3.57. The van der Waals surface area contributed by atoms with Gasteiger partial charge < -0.3 is 9.73 Å². The molecule has 3 rings (SSSR count). The van der Waals surface area contributed by atoms with Crippen LogP contribution in [0.5, 0.6) is 0 Å². The zero-order valence-corrected chi connectivity index (χ0v) is 14.4. The highest BCUT2D eigenvalue weighted by Gasteiger charge is 2.24. The van der Waals surface area contributed by atoms with E-state index in [2.05, 4.69) is 10.0 Å². The minimum absolute atomic E-state index is 0.0763. The predicted molar refractivity (Wildman–Crippen MR) is 91.5 cm³/mol. The summed E-state index contributed by atoms with van der Waals surface area (Å²) in [4.78, 5) is 12.6. The van der Waals surface area contributed by atoms with Gasteiger partial charge in [-0.25, -0.2) is 8.42 Å². The largest absolute Gasteiger partial charge is 0.469 e. The highest BCUT2D eigenvalue weighted by molar-refractivity contribution is 7.92. The molecule has 24 heavy (non-hydrogen) atoms. The number of sulfonamides is 1. The van der Waals surface area contributed by atoms with E-state index in [1.807, 2.05) is 6.07 Å². The van der Waals surface area contributed by atoms with Crippen LogP contribution in [0, 0.1) is 6.92 Å². The first-order valence-corrected chi connectivity index (χ1v) is 9.68. The number of anilines is 1. The Kier molecular flexibility index (Phi) is 4.36. The van der Waals surface area contributed by atoms with Gasteiger partial charge in [0.1, 0.15) is 5.76 Å². The summed E-state index contributed by atoms with van der Waals surface area (Å²) in [6.07, 6.45) is 5.44. The van der Waals surface area contributed by atoms with Crippen LogP contribution in [0.3, 0.4) is 0 Å². The lowest BCUT2D eigenvalue weighted by Gasteiger charge is -2.23. The van der Waals surface area contributed by atoms with Crippen LogP contribution >= 0.6 is 0 Å². The second kappa shape index (κ2) is 6.32. The molecule has 1 aliphatic carbocycles. The minimum Gasteiger partial charge on any atom is -0.469 e. The lowest BCUT2D eigenvalue weighted by Crippen LogP contribution is -2.30. The Labute approximate surface area is 141 Å². The molecule has 2 N–H and O–H groups in total. The average Bonchev–Trinajstić information content (AvgIpc) is 2.97. The van der Waals surface area contributed by atoms with Gasteiger partial charge in [0.2, 0.25) is 10.0 Å². The molecule has 0 fully saturated rings. The minimum atomic E-state index is -3.40. The molecule has 2 aromatic rings. The molecule has 6 nitrogen and oxygen atoms in total. The van der Waals surface area contributed by atoms with Crippen molar-refractivity contribution >= 4 is 21.6 Å². The molecule has 0 saturated heterocycles. The number of rotatable bonds is 4. The van der Waals surface area contributed by atoms with Gasteiger partial charge in [0, 0.05) is 17.5 Å². The fourth-order valence-electron chi connectivity index (χ4n) is 2.95. The first-order valence-electron chi connectivity index (χ1n) is 7.79. The van der Waals surface area contributed by atoms with Crippen LogP contribution in [0.2, 0.25) is 0 Å². The number of furan rings is 1.